The molecule has 3 heteroatoms. The summed E-state index contributed by atoms with van der Waals surface area (Å²) < 4.78 is 2.02. The van der Waals surface area contributed by atoms with Gasteiger partial charge in [0.15, 0.2) is 0 Å². The van der Waals surface area contributed by atoms with E-state index in [0.717, 1.165) is 16.5 Å². The summed E-state index contributed by atoms with van der Waals surface area (Å²) in [7, 11) is 0. The molecule has 0 unspecified atom stereocenters. The van der Waals surface area contributed by atoms with Crippen LogP contribution in [0.5, 0.6) is 0 Å². The van der Waals surface area contributed by atoms with Gasteiger partial charge in [0, 0.05) is 22.1 Å². The average Bonchev–Trinajstić information content (AvgIpc) is 2.61. The van der Waals surface area contributed by atoms with Crippen LogP contribution in [-0.4, -0.2) is 9.67 Å². The van der Waals surface area contributed by atoms with Crippen LogP contribution in [0.15, 0.2) is 42.1 Å². The van der Waals surface area contributed by atoms with Crippen LogP contribution in [0.2, 0.25) is 0 Å². The first-order valence-corrected chi connectivity index (χ1v) is 5.11. The summed E-state index contributed by atoms with van der Waals surface area (Å²) in [4.78, 5) is 0. The van der Waals surface area contributed by atoms with E-state index >= 15 is 0 Å². The van der Waals surface area contributed by atoms with Gasteiger partial charge in [-0.25, -0.2) is 0 Å². The van der Waals surface area contributed by atoms with Gasteiger partial charge < -0.3 is 9.67 Å². The van der Waals surface area contributed by atoms with E-state index in [2.05, 4.69) is 6.58 Å². The Balaban J connectivity index is 2.55. The van der Waals surface area contributed by atoms with Gasteiger partial charge in [-0.3, -0.25) is 0 Å². The van der Waals surface area contributed by atoms with Crippen LogP contribution in [0.4, 0.5) is 0 Å². The highest BCUT2D eigenvalue weighted by atomic mass is 35.5. The number of aliphatic hydroxyl groups is 1. The maximum absolute atomic E-state index is 9.17. The lowest BCUT2D eigenvalue weighted by Crippen LogP contribution is -1.95. The lowest BCUT2D eigenvalue weighted by molar-refractivity contribution is 0.283. The van der Waals surface area contributed by atoms with Gasteiger partial charge in [0.25, 0.3) is 0 Å². The van der Waals surface area contributed by atoms with E-state index in [1.54, 1.807) is 0 Å². The van der Waals surface area contributed by atoms with Crippen molar-refractivity contribution in [2.24, 2.45) is 0 Å². The maximum atomic E-state index is 9.17. The van der Waals surface area contributed by atoms with Crippen molar-refractivity contribution in [1.82, 2.24) is 4.57 Å². The Bertz CT molecular complexity index is 501. The Morgan fingerprint density at radius 1 is 1.40 bits per heavy atom. The van der Waals surface area contributed by atoms with E-state index in [0.29, 0.717) is 11.6 Å². The topological polar surface area (TPSA) is 25.2 Å². The molecular weight excluding hydrogens is 210 g/mol. The second-order valence-electron chi connectivity index (χ2n) is 3.47. The first kappa shape index (κ1) is 10.3. The zero-order chi connectivity index (χ0) is 10.8. The molecule has 78 valence electrons. The molecule has 0 fully saturated rings. The summed E-state index contributed by atoms with van der Waals surface area (Å²) >= 11 is 5.78. The van der Waals surface area contributed by atoms with Crippen molar-refractivity contribution in [3.05, 3.63) is 47.6 Å². The molecule has 0 spiro atoms. The Morgan fingerprint density at radius 2 is 2.20 bits per heavy atom. The van der Waals surface area contributed by atoms with Gasteiger partial charge in [-0.1, -0.05) is 30.3 Å². The molecule has 0 amide bonds. The zero-order valence-corrected chi connectivity index (χ0v) is 9.04. The van der Waals surface area contributed by atoms with Crippen LogP contribution in [0.3, 0.4) is 0 Å². The average molecular weight is 222 g/mol. The van der Waals surface area contributed by atoms with Crippen molar-refractivity contribution >= 4 is 22.5 Å². The van der Waals surface area contributed by atoms with Crippen molar-refractivity contribution < 1.29 is 5.11 Å². The van der Waals surface area contributed by atoms with Crippen molar-refractivity contribution in [3.63, 3.8) is 0 Å². The summed E-state index contributed by atoms with van der Waals surface area (Å²) in [6.07, 6.45) is 1.96. The molecular formula is C12H12ClNO. The maximum Gasteiger partial charge on any atom is 0.0688 e. The molecule has 0 aliphatic carbocycles. The normalized spacial score (nSPS) is 10.8. The second-order valence-corrected chi connectivity index (χ2v) is 4.00. The standard InChI is InChI=1S/C12H12ClNO/c1-9(13)7-14-6-5-11-10(8-15)3-2-4-12(11)14/h2-6,15H,1,7-8H2. The Labute approximate surface area is 93.4 Å². The number of hydrogen-bond acceptors (Lipinski definition) is 1. The number of hydrogen-bond donors (Lipinski definition) is 1. The second kappa shape index (κ2) is 4.09. The van der Waals surface area contributed by atoms with Crippen LogP contribution < -0.4 is 0 Å². The zero-order valence-electron chi connectivity index (χ0n) is 8.28. The summed E-state index contributed by atoms with van der Waals surface area (Å²) in [5.41, 5.74) is 2.01. The minimum absolute atomic E-state index is 0.0587. The molecule has 0 saturated heterocycles. The number of rotatable bonds is 3. The smallest absolute Gasteiger partial charge is 0.0688 e. The molecule has 2 nitrogen and oxygen atoms in total. The molecule has 0 atom stereocenters. The number of halogens is 1. The van der Waals surface area contributed by atoms with Crippen molar-refractivity contribution in [3.8, 4) is 0 Å². The van der Waals surface area contributed by atoms with Gasteiger partial charge in [-0.2, -0.15) is 0 Å². The fourth-order valence-corrected chi connectivity index (χ4v) is 1.88. The highest BCUT2D eigenvalue weighted by Gasteiger charge is 2.04. The first-order valence-electron chi connectivity index (χ1n) is 4.73. The van der Waals surface area contributed by atoms with Crippen LogP contribution in [0.1, 0.15) is 5.56 Å². The molecule has 2 rings (SSSR count). The SMILES string of the molecule is C=C(Cl)Cn1ccc2c(CO)cccc21. The molecule has 15 heavy (non-hydrogen) atoms. The molecule has 1 heterocycles. The Morgan fingerprint density at radius 3 is 2.87 bits per heavy atom. The molecule has 1 aromatic heterocycles. The van der Waals surface area contributed by atoms with Crippen LogP contribution >= 0.6 is 11.6 Å². The predicted molar refractivity (Wildman–Crippen MR) is 62.9 cm³/mol. The van der Waals surface area contributed by atoms with Crippen molar-refractivity contribution in [2.75, 3.05) is 0 Å². The van der Waals surface area contributed by atoms with Crippen molar-refractivity contribution in [2.45, 2.75) is 13.2 Å². The number of nitrogens with zero attached hydrogens (tertiary/aromatic N) is 1. The van der Waals surface area contributed by atoms with E-state index in [1.165, 1.54) is 0 Å². The fourth-order valence-electron chi connectivity index (χ4n) is 1.75. The number of aromatic nitrogens is 1. The molecule has 0 aliphatic rings. The third-order valence-corrected chi connectivity index (χ3v) is 2.54. The summed E-state index contributed by atoms with van der Waals surface area (Å²) in [6.45, 7) is 4.33. The van der Waals surface area contributed by atoms with E-state index < -0.39 is 0 Å². The highest BCUT2D eigenvalue weighted by Crippen LogP contribution is 2.21. The molecule has 2 aromatic rings. The third kappa shape index (κ3) is 1.91. The molecule has 0 radical (unpaired) electrons. The Hall–Kier alpha value is -1.25. The van der Waals surface area contributed by atoms with Crippen LogP contribution in [0.25, 0.3) is 10.9 Å². The summed E-state index contributed by atoms with van der Waals surface area (Å²) in [5.74, 6) is 0. The van der Waals surface area contributed by atoms with E-state index in [-0.39, 0.29) is 6.61 Å². The number of fused-ring (bicyclic) bond motifs is 1. The van der Waals surface area contributed by atoms with Crippen molar-refractivity contribution in [1.29, 1.82) is 0 Å². The molecule has 1 N–H and O–H groups in total. The molecule has 1 aromatic carbocycles. The number of benzene rings is 1. The number of aliphatic hydroxyl groups excluding tert-OH is 1. The highest BCUT2D eigenvalue weighted by molar-refractivity contribution is 6.29. The van der Waals surface area contributed by atoms with Crippen LogP contribution in [0, 0.1) is 0 Å². The Kier molecular flexibility index (Phi) is 2.80. The lowest BCUT2D eigenvalue weighted by Gasteiger charge is -2.04. The third-order valence-electron chi connectivity index (χ3n) is 2.42. The minimum Gasteiger partial charge on any atom is -0.392 e. The monoisotopic (exact) mass is 221 g/mol. The minimum atomic E-state index is 0.0587. The van der Waals surface area contributed by atoms with Gasteiger partial charge in [-0.15, -0.1) is 0 Å². The largest absolute Gasteiger partial charge is 0.392 e. The molecule has 0 bridgehead atoms. The quantitative estimate of drug-likeness (QED) is 0.847. The summed E-state index contributed by atoms with van der Waals surface area (Å²) in [6, 6.07) is 7.85. The van der Waals surface area contributed by atoms with Crippen LogP contribution in [-0.2, 0) is 13.2 Å². The van der Waals surface area contributed by atoms with Gasteiger partial charge in [0.2, 0.25) is 0 Å². The predicted octanol–water partition coefficient (Wildman–Crippen LogP) is 2.89. The van der Waals surface area contributed by atoms with E-state index in [1.807, 2.05) is 35.0 Å². The summed E-state index contributed by atoms with van der Waals surface area (Å²) in [5, 5.41) is 10.8. The van der Waals surface area contributed by atoms with Gasteiger partial charge in [-0.05, 0) is 17.7 Å². The lowest BCUT2D eigenvalue weighted by atomic mass is 10.1. The fraction of sp³-hybridized carbons (Fsp3) is 0.167. The number of allylic oxidation sites excluding steroid dienone is 1. The molecule has 0 saturated carbocycles. The van der Waals surface area contributed by atoms with E-state index in [4.69, 9.17) is 11.6 Å². The van der Waals surface area contributed by atoms with E-state index in [9.17, 15) is 5.11 Å². The molecule has 0 aliphatic heterocycles. The van der Waals surface area contributed by atoms with Gasteiger partial charge in [0.05, 0.1) is 13.2 Å². The first-order chi connectivity index (χ1) is 7.22. The van der Waals surface area contributed by atoms with Gasteiger partial charge >= 0.3 is 0 Å². The van der Waals surface area contributed by atoms with Gasteiger partial charge in [0.1, 0.15) is 0 Å².